The van der Waals surface area contributed by atoms with Crippen LogP contribution in [0.3, 0.4) is 0 Å². The van der Waals surface area contributed by atoms with Crippen molar-refractivity contribution in [3.8, 4) is 0 Å². The first-order chi connectivity index (χ1) is 7.76. The summed E-state index contributed by atoms with van der Waals surface area (Å²) in [6.45, 7) is 4.32. The molecule has 0 amide bonds. The highest BCUT2D eigenvalue weighted by molar-refractivity contribution is 5.82. The minimum atomic E-state index is 0.350. The van der Waals surface area contributed by atoms with Gasteiger partial charge in [0.25, 0.3) is 0 Å². The standard InChI is InChI=1S/C14H18N2/c1-4-12(15-3)14-9-10(2)11-7-5-6-8-13(11)16-14/h5-9,12,15H,4H2,1-3H3. The Morgan fingerprint density at radius 3 is 2.75 bits per heavy atom. The van der Waals surface area contributed by atoms with Gasteiger partial charge in [0.15, 0.2) is 0 Å². The van der Waals surface area contributed by atoms with Crippen LogP contribution >= 0.6 is 0 Å². The van der Waals surface area contributed by atoms with Gasteiger partial charge in [-0.1, -0.05) is 25.1 Å². The molecule has 0 spiro atoms. The van der Waals surface area contributed by atoms with Crippen LogP contribution in [0.5, 0.6) is 0 Å². The van der Waals surface area contributed by atoms with Gasteiger partial charge in [-0.05, 0) is 38.1 Å². The third-order valence-corrected chi connectivity index (χ3v) is 3.06. The van der Waals surface area contributed by atoms with Crippen LogP contribution in [0.1, 0.15) is 30.6 Å². The summed E-state index contributed by atoms with van der Waals surface area (Å²) in [5, 5.41) is 4.54. The molecule has 0 fully saturated rings. The molecule has 84 valence electrons. The number of nitrogens with one attached hydrogen (secondary N) is 1. The zero-order valence-electron chi connectivity index (χ0n) is 10.1. The number of rotatable bonds is 3. The van der Waals surface area contributed by atoms with Crippen LogP contribution in [0, 0.1) is 6.92 Å². The van der Waals surface area contributed by atoms with E-state index in [2.05, 4.69) is 43.4 Å². The molecule has 0 aliphatic carbocycles. The summed E-state index contributed by atoms with van der Waals surface area (Å²) in [5.41, 5.74) is 3.53. The van der Waals surface area contributed by atoms with Crippen molar-refractivity contribution in [3.05, 3.63) is 41.6 Å². The minimum absolute atomic E-state index is 0.350. The lowest BCUT2D eigenvalue weighted by molar-refractivity contribution is 0.563. The Morgan fingerprint density at radius 1 is 1.31 bits per heavy atom. The Balaban J connectivity index is 2.57. The van der Waals surface area contributed by atoms with Gasteiger partial charge in [-0.25, -0.2) is 0 Å². The van der Waals surface area contributed by atoms with E-state index in [0.717, 1.165) is 17.6 Å². The summed E-state index contributed by atoms with van der Waals surface area (Å²) >= 11 is 0. The van der Waals surface area contributed by atoms with Crippen molar-refractivity contribution in [2.75, 3.05) is 7.05 Å². The molecule has 0 aliphatic rings. The van der Waals surface area contributed by atoms with Crippen molar-refractivity contribution >= 4 is 10.9 Å². The maximum atomic E-state index is 4.72. The number of nitrogens with zero attached hydrogens (tertiary/aromatic N) is 1. The largest absolute Gasteiger partial charge is 0.312 e. The van der Waals surface area contributed by atoms with E-state index in [-0.39, 0.29) is 0 Å². The monoisotopic (exact) mass is 214 g/mol. The number of hydrogen-bond acceptors (Lipinski definition) is 2. The van der Waals surface area contributed by atoms with E-state index in [9.17, 15) is 0 Å². The van der Waals surface area contributed by atoms with E-state index >= 15 is 0 Å². The van der Waals surface area contributed by atoms with Crippen LogP contribution in [0.25, 0.3) is 10.9 Å². The molecule has 1 N–H and O–H groups in total. The summed E-state index contributed by atoms with van der Waals surface area (Å²) in [6, 6.07) is 10.8. The Hall–Kier alpha value is -1.41. The highest BCUT2D eigenvalue weighted by Crippen LogP contribution is 2.22. The number of aromatic nitrogens is 1. The molecule has 0 saturated carbocycles. The van der Waals surface area contributed by atoms with E-state index in [1.807, 2.05) is 13.1 Å². The zero-order chi connectivity index (χ0) is 11.5. The maximum absolute atomic E-state index is 4.72. The fraction of sp³-hybridized carbons (Fsp3) is 0.357. The predicted molar refractivity (Wildman–Crippen MR) is 68.6 cm³/mol. The number of aryl methyl sites for hydroxylation is 1. The van der Waals surface area contributed by atoms with Gasteiger partial charge in [0.1, 0.15) is 0 Å². The van der Waals surface area contributed by atoms with Crippen LogP contribution < -0.4 is 5.32 Å². The lowest BCUT2D eigenvalue weighted by Gasteiger charge is -2.15. The smallest absolute Gasteiger partial charge is 0.0708 e. The second-order valence-corrected chi connectivity index (χ2v) is 4.13. The molecule has 0 radical (unpaired) electrons. The number of para-hydroxylation sites is 1. The van der Waals surface area contributed by atoms with Crippen molar-refractivity contribution in [2.24, 2.45) is 0 Å². The SMILES string of the molecule is CCC(NC)c1cc(C)c2ccccc2n1. The van der Waals surface area contributed by atoms with E-state index in [4.69, 9.17) is 4.98 Å². The van der Waals surface area contributed by atoms with Gasteiger partial charge in [0.2, 0.25) is 0 Å². The van der Waals surface area contributed by atoms with Crippen LogP contribution in [0.15, 0.2) is 30.3 Å². The molecule has 1 unspecified atom stereocenters. The van der Waals surface area contributed by atoms with Gasteiger partial charge in [-0.3, -0.25) is 4.98 Å². The number of benzene rings is 1. The lowest BCUT2D eigenvalue weighted by Crippen LogP contribution is -2.16. The highest BCUT2D eigenvalue weighted by atomic mass is 14.9. The Bertz CT molecular complexity index is 487. The van der Waals surface area contributed by atoms with Crippen molar-refractivity contribution in [1.29, 1.82) is 0 Å². The van der Waals surface area contributed by atoms with Crippen molar-refractivity contribution in [2.45, 2.75) is 26.3 Å². The Morgan fingerprint density at radius 2 is 2.06 bits per heavy atom. The second-order valence-electron chi connectivity index (χ2n) is 4.13. The van der Waals surface area contributed by atoms with Crippen molar-refractivity contribution < 1.29 is 0 Å². The molecule has 0 bridgehead atoms. The van der Waals surface area contributed by atoms with E-state index in [1.165, 1.54) is 10.9 Å². The van der Waals surface area contributed by atoms with Crippen LogP contribution in [-0.4, -0.2) is 12.0 Å². The lowest BCUT2D eigenvalue weighted by atomic mass is 10.0. The van der Waals surface area contributed by atoms with E-state index < -0.39 is 0 Å². The molecule has 0 aliphatic heterocycles. The van der Waals surface area contributed by atoms with Crippen LogP contribution in [-0.2, 0) is 0 Å². The average molecular weight is 214 g/mol. The van der Waals surface area contributed by atoms with E-state index in [0.29, 0.717) is 6.04 Å². The first-order valence-corrected chi connectivity index (χ1v) is 5.79. The van der Waals surface area contributed by atoms with Gasteiger partial charge < -0.3 is 5.32 Å². The predicted octanol–water partition coefficient (Wildman–Crippen LogP) is 3.21. The minimum Gasteiger partial charge on any atom is -0.312 e. The van der Waals surface area contributed by atoms with Crippen LogP contribution in [0.2, 0.25) is 0 Å². The summed E-state index contributed by atoms with van der Waals surface area (Å²) < 4.78 is 0. The molecule has 2 rings (SSSR count). The van der Waals surface area contributed by atoms with Gasteiger partial charge in [-0.15, -0.1) is 0 Å². The third-order valence-electron chi connectivity index (χ3n) is 3.06. The zero-order valence-corrected chi connectivity index (χ0v) is 10.1. The fourth-order valence-corrected chi connectivity index (χ4v) is 2.12. The number of pyridine rings is 1. The Kier molecular flexibility index (Phi) is 3.20. The summed E-state index contributed by atoms with van der Waals surface area (Å²) in [6.07, 6.45) is 1.06. The second kappa shape index (κ2) is 4.62. The molecule has 1 aromatic heterocycles. The van der Waals surface area contributed by atoms with Gasteiger partial charge in [0.05, 0.1) is 11.2 Å². The first kappa shape index (κ1) is 11.1. The molecule has 1 atom stereocenters. The summed E-state index contributed by atoms with van der Waals surface area (Å²) in [7, 11) is 1.99. The van der Waals surface area contributed by atoms with Crippen molar-refractivity contribution in [3.63, 3.8) is 0 Å². The average Bonchev–Trinajstić information content (AvgIpc) is 2.31. The molecule has 2 heteroatoms. The Labute approximate surface area is 96.7 Å². The molecular weight excluding hydrogens is 196 g/mol. The molecule has 16 heavy (non-hydrogen) atoms. The van der Waals surface area contributed by atoms with E-state index in [1.54, 1.807) is 0 Å². The maximum Gasteiger partial charge on any atom is 0.0708 e. The number of hydrogen-bond donors (Lipinski definition) is 1. The molecule has 1 heterocycles. The quantitative estimate of drug-likeness (QED) is 0.848. The molecule has 2 aromatic rings. The molecule has 0 saturated heterocycles. The van der Waals surface area contributed by atoms with Gasteiger partial charge in [-0.2, -0.15) is 0 Å². The normalized spacial score (nSPS) is 12.9. The van der Waals surface area contributed by atoms with Gasteiger partial charge >= 0.3 is 0 Å². The fourth-order valence-electron chi connectivity index (χ4n) is 2.12. The molecule has 2 nitrogen and oxygen atoms in total. The van der Waals surface area contributed by atoms with Crippen LogP contribution in [0.4, 0.5) is 0 Å². The summed E-state index contributed by atoms with van der Waals surface area (Å²) in [4.78, 5) is 4.72. The summed E-state index contributed by atoms with van der Waals surface area (Å²) in [5.74, 6) is 0. The molecule has 1 aromatic carbocycles. The first-order valence-electron chi connectivity index (χ1n) is 5.79. The third kappa shape index (κ3) is 1.93. The highest BCUT2D eigenvalue weighted by Gasteiger charge is 2.10. The number of fused-ring (bicyclic) bond motifs is 1. The van der Waals surface area contributed by atoms with Gasteiger partial charge in [0, 0.05) is 11.4 Å². The molecular formula is C14H18N2. The van der Waals surface area contributed by atoms with Crippen molar-refractivity contribution in [1.82, 2.24) is 10.3 Å². The topological polar surface area (TPSA) is 24.9 Å².